The fraction of sp³-hybridized carbons (Fsp3) is 0. The summed E-state index contributed by atoms with van der Waals surface area (Å²) < 4.78 is 6.70. The average Bonchev–Trinajstić information content (AvgIpc) is 3.10. The van der Waals surface area contributed by atoms with E-state index in [-0.39, 0.29) is 5.69 Å². The van der Waals surface area contributed by atoms with Gasteiger partial charge in [-0.15, -0.1) is 11.3 Å². The number of para-hydroxylation sites is 1. The second-order valence-corrected chi connectivity index (χ2v) is 6.84. The largest absolute Gasteiger partial charge is 0.457 e. The lowest BCUT2D eigenvalue weighted by Gasteiger charge is -2.05. The van der Waals surface area contributed by atoms with Gasteiger partial charge in [-0.25, -0.2) is 4.98 Å². The minimum atomic E-state index is -0.409. The van der Waals surface area contributed by atoms with Gasteiger partial charge < -0.3 is 4.74 Å². The van der Waals surface area contributed by atoms with E-state index in [9.17, 15) is 10.1 Å². The minimum Gasteiger partial charge on any atom is -0.457 e. The quantitative estimate of drug-likeness (QED) is 0.310. The molecule has 0 saturated heterocycles. The number of nitro groups is 1. The lowest BCUT2D eigenvalue weighted by molar-refractivity contribution is -0.384. The highest BCUT2D eigenvalue weighted by atomic mass is 32.1. The summed E-state index contributed by atoms with van der Waals surface area (Å²) >= 11 is 1.50. The molecule has 0 unspecified atom stereocenters. The van der Waals surface area contributed by atoms with Crippen molar-refractivity contribution in [1.82, 2.24) is 4.98 Å². The van der Waals surface area contributed by atoms with Crippen molar-refractivity contribution < 1.29 is 9.66 Å². The molecule has 1 aromatic heterocycles. The first-order valence-electron chi connectivity index (χ1n) is 8.23. The number of thiazole rings is 1. The molecule has 0 bridgehead atoms. The zero-order chi connectivity index (χ0) is 18.6. The lowest BCUT2D eigenvalue weighted by Crippen LogP contribution is -1.86. The Morgan fingerprint density at radius 3 is 2.41 bits per heavy atom. The number of rotatable bonds is 5. The van der Waals surface area contributed by atoms with Crippen LogP contribution in [0, 0.1) is 10.1 Å². The van der Waals surface area contributed by atoms with Gasteiger partial charge in [-0.3, -0.25) is 10.1 Å². The highest BCUT2D eigenvalue weighted by Gasteiger charge is 2.09. The molecule has 0 atom stereocenters. The van der Waals surface area contributed by atoms with Crippen molar-refractivity contribution in [3.05, 3.63) is 93.5 Å². The van der Waals surface area contributed by atoms with Crippen molar-refractivity contribution in [1.29, 1.82) is 0 Å². The van der Waals surface area contributed by atoms with Crippen molar-refractivity contribution in [2.75, 3.05) is 0 Å². The van der Waals surface area contributed by atoms with Gasteiger partial charge in [-0.05, 0) is 42.0 Å². The summed E-state index contributed by atoms with van der Waals surface area (Å²) in [4.78, 5) is 14.9. The molecule has 0 aliphatic rings. The Balaban J connectivity index is 1.49. The summed E-state index contributed by atoms with van der Waals surface area (Å²) in [5.41, 5.74) is 1.71. The molecule has 27 heavy (non-hydrogen) atoms. The molecule has 4 rings (SSSR count). The Kier molecular flexibility index (Phi) is 4.63. The van der Waals surface area contributed by atoms with E-state index in [1.807, 2.05) is 66.7 Å². The van der Waals surface area contributed by atoms with Crippen LogP contribution in [0.5, 0.6) is 11.5 Å². The first kappa shape index (κ1) is 16.9. The normalized spacial score (nSPS) is 11.1. The van der Waals surface area contributed by atoms with Gasteiger partial charge in [0, 0.05) is 12.1 Å². The third-order valence-corrected chi connectivity index (χ3v) is 4.88. The number of hydrogen-bond acceptors (Lipinski definition) is 5. The number of aromatic nitrogens is 1. The monoisotopic (exact) mass is 374 g/mol. The van der Waals surface area contributed by atoms with E-state index in [1.165, 1.54) is 23.5 Å². The Hall–Kier alpha value is -3.51. The van der Waals surface area contributed by atoms with Gasteiger partial charge in [0.05, 0.1) is 15.1 Å². The molecule has 0 amide bonds. The SMILES string of the molecule is O=[N+]([O-])c1ccc2sc(/C=C/c3ccc(Oc4ccccc4)cc3)nc2c1. The molecule has 6 heteroatoms. The minimum absolute atomic E-state index is 0.0531. The molecule has 0 aliphatic carbocycles. The van der Waals surface area contributed by atoms with E-state index in [1.54, 1.807) is 6.07 Å². The Morgan fingerprint density at radius 2 is 1.67 bits per heavy atom. The molecular weight excluding hydrogens is 360 g/mol. The van der Waals surface area contributed by atoms with Gasteiger partial charge >= 0.3 is 0 Å². The molecule has 132 valence electrons. The zero-order valence-corrected chi connectivity index (χ0v) is 14.9. The molecule has 4 aromatic rings. The van der Waals surface area contributed by atoms with Gasteiger partial charge in [-0.2, -0.15) is 0 Å². The Bertz CT molecular complexity index is 1120. The van der Waals surface area contributed by atoms with Crippen LogP contribution in [-0.4, -0.2) is 9.91 Å². The van der Waals surface area contributed by atoms with Crippen LogP contribution in [0.25, 0.3) is 22.4 Å². The molecule has 0 saturated carbocycles. The Labute approximate surface area is 159 Å². The van der Waals surface area contributed by atoms with E-state index in [4.69, 9.17) is 4.74 Å². The predicted molar refractivity (Wildman–Crippen MR) is 108 cm³/mol. The van der Waals surface area contributed by atoms with Gasteiger partial charge in [0.1, 0.15) is 16.5 Å². The molecule has 5 nitrogen and oxygen atoms in total. The van der Waals surface area contributed by atoms with Crippen molar-refractivity contribution in [3.8, 4) is 11.5 Å². The first-order chi connectivity index (χ1) is 13.2. The van der Waals surface area contributed by atoms with E-state index >= 15 is 0 Å². The van der Waals surface area contributed by atoms with E-state index < -0.39 is 4.92 Å². The second kappa shape index (κ2) is 7.39. The number of benzene rings is 3. The molecular formula is C21H14N2O3S. The third-order valence-electron chi connectivity index (χ3n) is 3.88. The fourth-order valence-corrected chi connectivity index (χ4v) is 3.41. The van der Waals surface area contributed by atoms with Gasteiger partial charge in [0.25, 0.3) is 5.69 Å². The van der Waals surface area contributed by atoms with Crippen LogP contribution in [0.2, 0.25) is 0 Å². The molecule has 0 aliphatic heterocycles. The number of ether oxygens (including phenoxy) is 1. The van der Waals surface area contributed by atoms with Gasteiger partial charge in [0.15, 0.2) is 0 Å². The number of hydrogen-bond donors (Lipinski definition) is 0. The van der Waals surface area contributed by atoms with Crippen molar-refractivity contribution in [2.45, 2.75) is 0 Å². The number of fused-ring (bicyclic) bond motifs is 1. The summed E-state index contributed by atoms with van der Waals surface area (Å²) in [6.45, 7) is 0. The van der Waals surface area contributed by atoms with Crippen molar-refractivity contribution >= 4 is 39.4 Å². The summed E-state index contributed by atoms with van der Waals surface area (Å²) in [5.74, 6) is 1.56. The van der Waals surface area contributed by atoms with E-state index in [2.05, 4.69) is 4.98 Å². The topological polar surface area (TPSA) is 65.3 Å². The smallest absolute Gasteiger partial charge is 0.271 e. The maximum Gasteiger partial charge on any atom is 0.271 e. The first-order valence-corrected chi connectivity index (χ1v) is 9.05. The van der Waals surface area contributed by atoms with E-state index in [0.29, 0.717) is 5.52 Å². The molecule has 0 N–H and O–H groups in total. The predicted octanol–water partition coefficient (Wildman–Crippen LogP) is 6.17. The fourth-order valence-electron chi connectivity index (χ4n) is 2.56. The highest BCUT2D eigenvalue weighted by Crippen LogP contribution is 2.27. The second-order valence-electron chi connectivity index (χ2n) is 5.78. The molecule has 0 radical (unpaired) electrons. The number of nitro benzene ring substituents is 1. The summed E-state index contributed by atoms with van der Waals surface area (Å²) in [7, 11) is 0. The van der Waals surface area contributed by atoms with Crippen LogP contribution in [0.4, 0.5) is 5.69 Å². The molecule has 0 spiro atoms. The van der Waals surface area contributed by atoms with Crippen LogP contribution in [0.3, 0.4) is 0 Å². The third kappa shape index (κ3) is 4.02. The lowest BCUT2D eigenvalue weighted by atomic mass is 10.2. The van der Waals surface area contributed by atoms with E-state index in [0.717, 1.165) is 26.8 Å². The van der Waals surface area contributed by atoms with Crippen molar-refractivity contribution in [2.24, 2.45) is 0 Å². The molecule has 1 heterocycles. The average molecular weight is 374 g/mol. The van der Waals surface area contributed by atoms with Crippen LogP contribution < -0.4 is 4.74 Å². The Morgan fingerprint density at radius 1 is 0.926 bits per heavy atom. The summed E-state index contributed by atoms with van der Waals surface area (Å²) in [5, 5.41) is 11.7. The molecule has 0 fully saturated rings. The molecule has 3 aromatic carbocycles. The summed E-state index contributed by atoms with van der Waals surface area (Å²) in [6.07, 6.45) is 3.86. The standard InChI is InChI=1S/C21H14N2O3S/c24-23(25)16-9-12-20-19(14-16)22-21(27-20)13-8-15-6-10-18(11-7-15)26-17-4-2-1-3-5-17/h1-14H/b13-8+. The van der Waals surface area contributed by atoms with Crippen LogP contribution in [0.15, 0.2) is 72.8 Å². The highest BCUT2D eigenvalue weighted by molar-refractivity contribution is 7.19. The summed E-state index contributed by atoms with van der Waals surface area (Å²) in [6, 6.07) is 22.1. The van der Waals surface area contributed by atoms with Crippen molar-refractivity contribution in [3.63, 3.8) is 0 Å². The van der Waals surface area contributed by atoms with Gasteiger partial charge in [0.2, 0.25) is 0 Å². The zero-order valence-electron chi connectivity index (χ0n) is 14.1. The van der Waals surface area contributed by atoms with Gasteiger partial charge in [-0.1, -0.05) is 36.4 Å². The van der Waals surface area contributed by atoms with Crippen LogP contribution >= 0.6 is 11.3 Å². The maximum atomic E-state index is 10.9. The number of non-ortho nitro benzene ring substituents is 1. The van der Waals surface area contributed by atoms with Crippen LogP contribution in [-0.2, 0) is 0 Å². The number of nitrogens with zero attached hydrogens (tertiary/aromatic N) is 2. The van der Waals surface area contributed by atoms with Crippen LogP contribution in [0.1, 0.15) is 10.6 Å². The maximum absolute atomic E-state index is 10.9.